The predicted octanol–water partition coefficient (Wildman–Crippen LogP) is 2.33. The van der Waals surface area contributed by atoms with E-state index in [-0.39, 0.29) is 12.6 Å². The van der Waals surface area contributed by atoms with E-state index < -0.39 is 6.49 Å². The summed E-state index contributed by atoms with van der Waals surface area (Å²) < 4.78 is 11.8. The van der Waals surface area contributed by atoms with Crippen LogP contribution in [-0.2, 0) is 9.36 Å². The molecule has 0 bridgehead atoms. The van der Waals surface area contributed by atoms with Gasteiger partial charge in [0.1, 0.15) is 0 Å². The van der Waals surface area contributed by atoms with E-state index in [9.17, 15) is 9.36 Å². The first-order valence-electron chi connectivity index (χ1n) is 3.86. The third-order valence-electron chi connectivity index (χ3n) is 1.64. The summed E-state index contributed by atoms with van der Waals surface area (Å²) in [6.07, 6.45) is 1.99. The zero-order chi connectivity index (χ0) is 9.73. The van der Waals surface area contributed by atoms with E-state index in [1.165, 1.54) is 0 Å². The van der Waals surface area contributed by atoms with Gasteiger partial charge in [-0.05, 0) is 11.2 Å². The van der Waals surface area contributed by atoms with Gasteiger partial charge >= 0.3 is 0 Å². The summed E-state index contributed by atoms with van der Waals surface area (Å²) in [5, 5.41) is 0.604. The molecule has 69 valence electrons. The quantitative estimate of drug-likeness (QED) is 0.723. The van der Waals surface area contributed by atoms with Gasteiger partial charge in [0, 0.05) is 17.9 Å². The fourth-order valence-electron chi connectivity index (χ4n) is 0.969. The van der Waals surface area contributed by atoms with E-state index in [1.54, 1.807) is 30.6 Å². The second-order valence-electron chi connectivity index (χ2n) is 2.61. The van der Waals surface area contributed by atoms with Crippen molar-refractivity contribution in [3.8, 4) is 0 Å². The van der Waals surface area contributed by atoms with Gasteiger partial charge in [-0.1, -0.05) is 30.3 Å². The lowest BCUT2D eigenvalue weighted by Crippen LogP contribution is -2.02. The summed E-state index contributed by atoms with van der Waals surface area (Å²) in [4.78, 5) is 9.98. The Morgan fingerprint density at radius 3 is 2.46 bits per heavy atom. The Morgan fingerprint density at radius 2 is 1.92 bits per heavy atom. The van der Waals surface area contributed by atoms with Crippen LogP contribution in [0.5, 0.6) is 0 Å². The predicted molar refractivity (Wildman–Crippen MR) is 54.7 cm³/mol. The Morgan fingerprint density at radius 1 is 1.31 bits per heavy atom. The van der Waals surface area contributed by atoms with Gasteiger partial charge in [-0.3, -0.25) is 4.79 Å². The molecule has 0 N–H and O–H groups in total. The SMILES string of the molecule is O=[C]CCP(=O)(Cl)c1ccccc1. The highest BCUT2D eigenvalue weighted by atomic mass is 35.7. The third kappa shape index (κ3) is 2.98. The van der Waals surface area contributed by atoms with Gasteiger partial charge in [-0.2, -0.15) is 0 Å². The summed E-state index contributed by atoms with van der Waals surface area (Å²) in [6.45, 7) is -2.85. The number of rotatable bonds is 4. The average Bonchev–Trinajstić information content (AvgIpc) is 2.16. The Hall–Kier alpha value is -0.590. The van der Waals surface area contributed by atoms with Crippen LogP contribution >= 0.6 is 17.7 Å². The number of benzene rings is 1. The maximum absolute atomic E-state index is 11.8. The van der Waals surface area contributed by atoms with Gasteiger partial charge in [0.2, 0.25) is 0 Å². The summed E-state index contributed by atoms with van der Waals surface area (Å²) >= 11 is 5.82. The van der Waals surface area contributed by atoms with Crippen molar-refractivity contribution in [1.82, 2.24) is 0 Å². The van der Waals surface area contributed by atoms with Gasteiger partial charge in [0.15, 0.2) is 12.8 Å². The molecular weight excluding hydrogens is 207 g/mol. The molecule has 13 heavy (non-hydrogen) atoms. The van der Waals surface area contributed by atoms with Crippen molar-refractivity contribution in [2.75, 3.05) is 6.16 Å². The fourth-order valence-corrected chi connectivity index (χ4v) is 2.82. The largest absolute Gasteiger partial charge is 0.302 e. The van der Waals surface area contributed by atoms with Crippen molar-refractivity contribution in [3.63, 3.8) is 0 Å². The van der Waals surface area contributed by atoms with E-state index in [1.807, 2.05) is 6.07 Å². The first-order chi connectivity index (χ1) is 6.17. The maximum atomic E-state index is 11.8. The minimum absolute atomic E-state index is 0.121. The summed E-state index contributed by atoms with van der Waals surface area (Å²) in [5.74, 6) is 0. The second kappa shape index (κ2) is 4.59. The molecule has 0 saturated carbocycles. The Bertz CT molecular complexity index is 324. The molecule has 1 rings (SSSR count). The molecule has 1 aromatic rings. The molecule has 1 atom stereocenters. The molecule has 1 unspecified atom stereocenters. The smallest absolute Gasteiger partial charge is 0.198 e. The molecule has 0 saturated heterocycles. The van der Waals surface area contributed by atoms with Crippen molar-refractivity contribution < 1.29 is 9.36 Å². The van der Waals surface area contributed by atoms with Crippen LogP contribution in [0.4, 0.5) is 0 Å². The van der Waals surface area contributed by atoms with Crippen LogP contribution in [0.3, 0.4) is 0 Å². The van der Waals surface area contributed by atoms with Gasteiger partial charge < -0.3 is 4.57 Å². The van der Waals surface area contributed by atoms with E-state index in [4.69, 9.17) is 11.2 Å². The lowest BCUT2D eigenvalue weighted by Gasteiger charge is -2.07. The van der Waals surface area contributed by atoms with Gasteiger partial charge in [0.25, 0.3) is 0 Å². The standard InChI is InChI=1S/C9H9ClO2P/c10-13(12,8-4-7-11)9-5-2-1-3-6-9/h1-3,5-6H,4,8H2. The lowest BCUT2D eigenvalue weighted by molar-refractivity contribution is 0.552. The van der Waals surface area contributed by atoms with Crippen LogP contribution < -0.4 is 5.30 Å². The molecule has 0 amide bonds. The first-order valence-corrected chi connectivity index (χ1v) is 6.66. The lowest BCUT2D eigenvalue weighted by atomic mass is 10.4. The van der Waals surface area contributed by atoms with E-state index >= 15 is 0 Å². The molecule has 2 nitrogen and oxygen atoms in total. The van der Waals surface area contributed by atoms with Crippen molar-refractivity contribution in [1.29, 1.82) is 0 Å². The highest BCUT2D eigenvalue weighted by Gasteiger charge is 2.19. The van der Waals surface area contributed by atoms with Gasteiger partial charge in [0.05, 0.1) is 0 Å². The first kappa shape index (κ1) is 10.5. The van der Waals surface area contributed by atoms with E-state index in [0.717, 1.165) is 0 Å². The fraction of sp³-hybridized carbons (Fsp3) is 0.222. The van der Waals surface area contributed by atoms with Crippen molar-refractivity contribution in [3.05, 3.63) is 30.3 Å². The van der Waals surface area contributed by atoms with Crippen LogP contribution in [0.1, 0.15) is 6.42 Å². The second-order valence-corrected chi connectivity index (χ2v) is 6.51. The zero-order valence-corrected chi connectivity index (χ0v) is 8.59. The Labute approximate surface area is 82.1 Å². The highest BCUT2D eigenvalue weighted by molar-refractivity contribution is 7.95. The molecule has 1 radical (unpaired) electrons. The molecular formula is C9H9ClO2P. The molecule has 0 heterocycles. The molecule has 4 heteroatoms. The van der Waals surface area contributed by atoms with Crippen molar-refractivity contribution >= 4 is 29.3 Å². The molecule has 1 aromatic carbocycles. The van der Waals surface area contributed by atoms with Crippen molar-refractivity contribution in [2.45, 2.75) is 6.42 Å². The zero-order valence-electron chi connectivity index (χ0n) is 6.94. The number of carbonyl (C=O) groups excluding carboxylic acids is 1. The molecule has 0 spiro atoms. The van der Waals surface area contributed by atoms with Crippen LogP contribution in [0.15, 0.2) is 30.3 Å². The summed E-state index contributed by atoms with van der Waals surface area (Å²) in [5.41, 5.74) is 0. The average molecular weight is 216 g/mol. The van der Waals surface area contributed by atoms with Crippen molar-refractivity contribution in [2.24, 2.45) is 0 Å². The summed E-state index contributed by atoms with van der Waals surface area (Å²) in [6, 6.07) is 8.79. The molecule has 0 aliphatic rings. The molecule has 0 aliphatic heterocycles. The van der Waals surface area contributed by atoms with Crippen LogP contribution in [0.25, 0.3) is 0 Å². The normalized spacial score (nSPS) is 14.8. The highest BCUT2D eigenvalue weighted by Crippen LogP contribution is 2.49. The van der Waals surface area contributed by atoms with Crippen LogP contribution in [0.2, 0.25) is 0 Å². The summed E-state index contributed by atoms with van der Waals surface area (Å²) in [7, 11) is 0. The van der Waals surface area contributed by atoms with Gasteiger partial charge in [-0.25, -0.2) is 0 Å². The topological polar surface area (TPSA) is 34.1 Å². The van der Waals surface area contributed by atoms with Crippen LogP contribution in [0, 0.1) is 0 Å². The third-order valence-corrected chi connectivity index (χ3v) is 4.60. The molecule has 0 aromatic heterocycles. The van der Waals surface area contributed by atoms with Crippen LogP contribution in [-0.4, -0.2) is 12.4 Å². The van der Waals surface area contributed by atoms with Gasteiger partial charge in [-0.15, -0.1) is 0 Å². The maximum Gasteiger partial charge on any atom is 0.198 e. The van der Waals surface area contributed by atoms with E-state index in [0.29, 0.717) is 5.30 Å². The number of hydrogen-bond acceptors (Lipinski definition) is 2. The Balaban J connectivity index is 2.81. The number of hydrogen-bond donors (Lipinski definition) is 0. The monoisotopic (exact) mass is 215 g/mol. The number of halogens is 1. The minimum Gasteiger partial charge on any atom is -0.302 e. The minimum atomic E-state index is -2.85. The molecule has 0 fully saturated rings. The van der Waals surface area contributed by atoms with E-state index in [2.05, 4.69) is 0 Å². The Kier molecular flexibility index (Phi) is 3.71. The molecule has 0 aliphatic carbocycles.